The van der Waals surface area contributed by atoms with Gasteiger partial charge in [-0.15, -0.1) is 0 Å². The first-order chi connectivity index (χ1) is 16.1. The molecule has 3 unspecified atom stereocenters. The Labute approximate surface area is 196 Å². The second kappa shape index (κ2) is 10.6. The predicted molar refractivity (Wildman–Crippen MR) is 111 cm³/mol. The van der Waals surface area contributed by atoms with Crippen LogP contribution in [0.3, 0.4) is 0 Å². The SMILES string of the molecule is Cc1cn([C@H]2C[C@H](O)[C@@H](COP(=O)(O)OP(=O)(O)OC3O[C@@H](C)[C@@H](O)[C@@H](O)[C@H]3O)O2)c(=O)[nH]c1=O. The van der Waals surface area contributed by atoms with Gasteiger partial charge in [0.1, 0.15) is 30.6 Å². The van der Waals surface area contributed by atoms with Crippen LogP contribution in [0.5, 0.6) is 0 Å². The van der Waals surface area contributed by atoms with Gasteiger partial charge in [-0.3, -0.25) is 23.4 Å². The zero-order chi connectivity index (χ0) is 26.3. The van der Waals surface area contributed by atoms with E-state index in [1.54, 1.807) is 0 Å². The minimum Gasteiger partial charge on any atom is -0.390 e. The Hall–Kier alpha value is -1.30. The van der Waals surface area contributed by atoms with Gasteiger partial charge in [-0.1, -0.05) is 0 Å². The molecule has 7 N–H and O–H groups in total. The Morgan fingerprint density at radius 1 is 1.09 bits per heavy atom. The van der Waals surface area contributed by atoms with Gasteiger partial charge in [-0.2, -0.15) is 4.31 Å². The van der Waals surface area contributed by atoms with Gasteiger partial charge in [0.25, 0.3) is 5.56 Å². The predicted octanol–water partition coefficient (Wildman–Crippen LogP) is -2.43. The Balaban J connectivity index is 1.59. The third kappa shape index (κ3) is 6.72. The molecule has 0 aromatic carbocycles. The second-order valence-electron chi connectivity index (χ2n) is 8.01. The van der Waals surface area contributed by atoms with Gasteiger partial charge in [0.05, 0.1) is 18.8 Å². The molecular formula is C16H26N2O15P2. The monoisotopic (exact) mass is 548 g/mol. The van der Waals surface area contributed by atoms with Gasteiger partial charge in [0, 0.05) is 18.2 Å². The largest absolute Gasteiger partial charge is 0.483 e. The highest BCUT2D eigenvalue weighted by Gasteiger charge is 2.47. The van der Waals surface area contributed by atoms with E-state index < -0.39 is 82.6 Å². The van der Waals surface area contributed by atoms with Crippen molar-refractivity contribution in [1.82, 2.24) is 9.55 Å². The maximum absolute atomic E-state index is 12.2. The smallest absolute Gasteiger partial charge is 0.390 e. The van der Waals surface area contributed by atoms with Crippen molar-refractivity contribution >= 4 is 15.6 Å². The Kier molecular flexibility index (Phi) is 8.56. The van der Waals surface area contributed by atoms with E-state index in [9.17, 15) is 48.9 Å². The van der Waals surface area contributed by atoms with E-state index in [1.807, 2.05) is 0 Å². The first-order valence-corrected chi connectivity index (χ1v) is 13.1. The molecule has 0 saturated carbocycles. The van der Waals surface area contributed by atoms with E-state index in [0.29, 0.717) is 0 Å². The molecule has 2 aliphatic rings. The highest BCUT2D eigenvalue weighted by molar-refractivity contribution is 7.61. The van der Waals surface area contributed by atoms with Crippen LogP contribution in [0.15, 0.2) is 15.8 Å². The molecule has 17 nitrogen and oxygen atoms in total. The highest BCUT2D eigenvalue weighted by Crippen LogP contribution is 2.61. The minimum atomic E-state index is -5.44. The van der Waals surface area contributed by atoms with Crippen molar-refractivity contribution in [2.24, 2.45) is 0 Å². The molecule has 10 atom stereocenters. The van der Waals surface area contributed by atoms with Crippen LogP contribution in [-0.2, 0) is 32.0 Å². The molecule has 35 heavy (non-hydrogen) atoms. The van der Waals surface area contributed by atoms with Crippen molar-refractivity contribution in [1.29, 1.82) is 0 Å². The molecule has 0 amide bonds. The average Bonchev–Trinajstić information content (AvgIpc) is 3.11. The van der Waals surface area contributed by atoms with Crippen molar-refractivity contribution in [3.05, 3.63) is 32.6 Å². The summed E-state index contributed by atoms with van der Waals surface area (Å²) in [4.78, 5) is 45.2. The lowest BCUT2D eigenvalue weighted by Crippen LogP contribution is -2.57. The van der Waals surface area contributed by atoms with Crippen molar-refractivity contribution in [2.45, 2.75) is 69.4 Å². The standard InChI is InChI=1S/C16H26N2O15P2/c1-6-4-18(16(24)17-14(6)23)10-3-8(19)9(31-10)5-29-34(25,26)33-35(27,28)32-15-13(22)12(21)11(20)7(2)30-15/h4,7-13,15,19-22H,3,5H2,1-2H3,(H,25,26)(H,27,28)(H,17,23,24)/t7-,8-,9+,10+,11+,12+,13+,15?/m0/s1. The van der Waals surface area contributed by atoms with Crippen molar-refractivity contribution in [2.75, 3.05) is 6.61 Å². The fourth-order valence-corrected chi connectivity index (χ4v) is 5.57. The zero-order valence-electron chi connectivity index (χ0n) is 18.3. The number of rotatable bonds is 8. The van der Waals surface area contributed by atoms with Crippen molar-refractivity contribution in [3.63, 3.8) is 0 Å². The van der Waals surface area contributed by atoms with Crippen LogP contribution in [0.2, 0.25) is 0 Å². The van der Waals surface area contributed by atoms with Gasteiger partial charge in [-0.25, -0.2) is 13.9 Å². The quantitative estimate of drug-likeness (QED) is 0.167. The number of phosphoric ester groups is 2. The Morgan fingerprint density at radius 2 is 1.74 bits per heavy atom. The summed E-state index contributed by atoms with van der Waals surface area (Å²) in [5.41, 5.74) is -1.23. The number of nitrogens with one attached hydrogen (secondary N) is 1. The number of aromatic amines is 1. The highest BCUT2D eigenvalue weighted by atomic mass is 31.3. The lowest BCUT2D eigenvalue weighted by Gasteiger charge is -2.38. The molecule has 0 aliphatic carbocycles. The van der Waals surface area contributed by atoms with Crippen LogP contribution in [0.25, 0.3) is 0 Å². The molecule has 0 spiro atoms. The molecule has 2 aliphatic heterocycles. The fourth-order valence-electron chi connectivity index (χ4n) is 3.41. The lowest BCUT2D eigenvalue weighted by atomic mass is 10.0. The number of aliphatic hydroxyl groups excluding tert-OH is 4. The molecule has 0 radical (unpaired) electrons. The third-order valence-corrected chi connectivity index (χ3v) is 7.91. The summed E-state index contributed by atoms with van der Waals surface area (Å²) in [5.74, 6) is 0. The first-order valence-electron chi connectivity index (χ1n) is 10.2. The van der Waals surface area contributed by atoms with Gasteiger partial charge in [0.15, 0.2) is 6.29 Å². The van der Waals surface area contributed by atoms with E-state index in [-0.39, 0.29) is 12.0 Å². The number of aryl methyl sites for hydroxylation is 1. The summed E-state index contributed by atoms with van der Waals surface area (Å²) in [6.07, 6.45) is -11.0. The molecule has 19 heteroatoms. The lowest BCUT2D eigenvalue weighted by molar-refractivity contribution is -0.271. The number of hydrogen-bond acceptors (Lipinski definition) is 13. The summed E-state index contributed by atoms with van der Waals surface area (Å²) in [6, 6.07) is 0. The Morgan fingerprint density at radius 3 is 2.40 bits per heavy atom. The summed E-state index contributed by atoms with van der Waals surface area (Å²) >= 11 is 0. The Bertz CT molecular complexity index is 1120. The molecule has 3 heterocycles. The molecule has 1 aromatic heterocycles. The van der Waals surface area contributed by atoms with E-state index in [1.165, 1.54) is 20.0 Å². The fraction of sp³-hybridized carbons (Fsp3) is 0.750. The maximum Gasteiger partial charge on any atom is 0.483 e. The number of aromatic nitrogens is 2. The van der Waals surface area contributed by atoms with Gasteiger partial charge in [0.2, 0.25) is 0 Å². The topological polar surface area (TPSA) is 257 Å². The number of phosphoric acid groups is 2. The summed E-state index contributed by atoms with van der Waals surface area (Å²) in [6.45, 7) is 1.88. The van der Waals surface area contributed by atoms with Crippen molar-refractivity contribution in [3.8, 4) is 0 Å². The van der Waals surface area contributed by atoms with Crippen molar-refractivity contribution < 1.29 is 62.2 Å². The summed E-state index contributed by atoms with van der Waals surface area (Å²) in [5, 5.41) is 39.3. The molecule has 1 aromatic rings. The van der Waals surface area contributed by atoms with Crippen LogP contribution in [0.4, 0.5) is 0 Å². The van der Waals surface area contributed by atoms with Crippen LogP contribution in [0.1, 0.15) is 25.1 Å². The molecule has 2 saturated heterocycles. The molecule has 3 rings (SSSR count). The average molecular weight is 548 g/mol. The number of H-pyrrole nitrogens is 1. The van der Waals surface area contributed by atoms with Gasteiger partial charge < -0.3 is 39.7 Å². The molecule has 200 valence electrons. The number of ether oxygens (including phenoxy) is 2. The summed E-state index contributed by atoms with van der Waals surface area (Å²) < 4.78 is 49.0. The van der Waals surface area contributed by atoms with Crippen LogP contribution in [-0.4, -0.2) is 89.3 Å². The van der Waals surface area contributed by atoms with Gasteiger partial charge in [-0.05, 0) is 13.8 Å². The number of aliphatic hydroxyl groups is 4. The van der Waals surface area contributed by atoms with E-state index in [0.717, 1.165) is 4.57 Å². The van der Waals surface area contributed by atoms with E-state index in [4.69, 9.17) is 9.47 Å². The summed E-state index contributed by atoms with van der Waals surface area (Å²) in [7, 11) is -10.8. The second-order valence-corrected chi connectivity index (χ2v) is 11.0. The zero-order valence-corrected chi connectivity index (χ0v) is 20.1. The third-order valence-electron chi connectivity index (χ3n) is 5.31. The normalized spacial score (nSPS) is 37.0. The molecule has 0 bridgehead atoms. The molecular weight excluding hydrogens is 522 g/mol. The molecule has 2 fully saturated rings. The maximum atomic E-state index is 12.2. The number of hydrogen-bond donors (Lipinski definition) is 7. The van der Waals surface area contributed by atoms with Gasteiger partial charge >= 0.3 is 21.3 Å². The van der Waals surface area contributed by atoms with Crippen LogP contribution >= 0.6 is 15.6 Å². The number of nitrogens with zero attached hydrogens (tertiary/aromatic N) is 1. The van der Waals surface area contributed by atoms with E-state index in [2.05, 4.69) is 18.3 Å². The van der Waals surface area contributed by atoms with E-state index >= 15 is 0 Å². The van der Waals surface area contributed by atoms with Crippen LogP contribution < -0.4 is 11.2 Å². The minimum absolute atomic E-state index is 0.152. The van der Waals surface area contributed by atoms with Crippen LogP contribution in [0, 0.1) is 6.92 Å². The first kappa shape index (κ1) is 28.3.